The molecule has 0 fully saturated rings. The Balaban J connectivity index is 4.92. The topological polar surface area (TPSA) is 118 Å². The Kier molecular flexibility index (Phi) is 7.26. The van der Waals surface area contributed by atoms with E-state index in [0.29, 0.717) is 6.42 Å². The highest BCUT2D eigenvalue weighted by atomic mass is 32.2. The quantitative estimate of drug-likeness (QED) is 0.313. The van der Waals surface area contributed by atoms with Gasteiger partial charge >= 0.3 is 0 Å². The van der Waals surface area contributed by atoms with Crippen molar-refractivity contribution in [3.63, 3.8) is 0 Å². The Morgan fingerprint density at radius 2 is 1.67 bits per heavy atom. The van der Waals surface area contributed by atoms with Crippen LogP contribution < -0.4 is 0 Å². The number of hydrogen-bond acceptors (Lipinski definition) is 6. The first-order valence-electron chi connectivity index (χ1n) is 5.73. The minimum atomic E-state index is -4.15. The second kappa shape index (κ2) is 7.37. The van der Waals surface area contributed by atoms with Crippen LogP contribution in [0.15, 0.2) is 0 Å². The maximum Gasteiger partial charge on any atom is 0.266 e. The van der Waals surface area contributed by atoms with E-state index in [1.165, 1.54) is 4.90 Å². The van der Waals surface area contributed by atoms with E-state index in [9.17, 15) is 23.7 Å². The summed E-state index contributed by atoms with van der Waals surface area (Å²) in [7, 11) is -4.15. The van der Waals surface area contributed by atoms with Crippen molar-refractivity contribution in [1.29, 1.82) is 0 Å². The zero-order valence-corrected chi connectivity index (χ0v) is 11.6. The Morgan fingerprint density at radius 3 is 1.94 bits per heavy atom. The van der Waals surface area contributed by atoms with Crippen LogP contribution in [-0.4, -0.2) is 71.0 Å². The van der Waals surface area contributed by atoms with E-state index in [-0.39, 0.29) is 12.5 Å². The summed E-state index contributed by atoms with van der Waals surface area (Å²) in [5.41, 5.74) is -1.09. The van der Waals surface area contributed by atoms with Crippen molar-refractivity contribution < 1.29 is 28.3 Å². The summed E-state index contributed by atoms with van der Waals surface area (Å²) in [4.78, 5) is 1.26. The van der Waals surface area contributed by atoms with Gasteiger partial charge in [-0.2, -0.15) is 8.42 Å². The lowest BCUT2D eigenvalue weighted by atomic mass is 9.88. The third-order valence-corrected chi connectivity index (χ3v) is 3.54. The van der Waals surface area contributed by atoms with Crippen LogP contribution in [0.25, 0.3) is 0 Å². The molecule has 0 heterocycles. The first-order valence-corrected chi connectivity index (χ1v) is 7.34. The molecule has 0 aromatic carbocycles. The molecule has 0 unspecified atom stereocenters. The molecule has 0 saturated heterocycles. The molecule has 110 valence electrons. The van der Waals surface area contributed by atoms with Gasteiger partial charge in [-0.25, -0.2) is 0 Å². The van der Waals surface area contributed by atoms with Crippen LogP contribution in [0.5, 0.6) is 0 Å². The van der Waals surface area contributed by atoms with Gasteiger partial charge in [0.2, 0.25) is 0 Å². The van der Waals surface area contributed by atoms with E-state index in [4.69, 9.17) is 4.55 Å². The van der Waals surface area contributed by atoms with Crippen LogP contribution in [0.3, 0.4) is 0 Å². The maximum atomic E-state index is 10.7. The molecule has 0 bridgehead atoms. The summed E-state index contributed by atoms with van der Waals surface area (Å²) in [5.74, 6) is -0.419. The Hall–Kier alpha value is -0.250. The first kappa shape index (κ1) is 17.8. The van der Waals surface area contributed by atoms with Crippen LogP contribution in [0.4, 0.5) is 0 Å². The molecule has 7 nitrogen and oxygen atoms in total. The number of aliphatic hydroxyl groups is 3. The monoisotopic (exact) mass is 285 g/mol. The number of hydrogen-bond donors (Lipinski definition) is 4. The average Bonchev–Trinajstić information content (AvgIpc) is 2.26. The summed E-state index contributed by atoms with van der Waals surface area (Å²) in [6.45, 7) is 2.28. The molecule has 0 aromatic rings. The van der Waals surface area contributed by atoms with Crippen molar-refractivity contribution in [1.82, 2.24) is 4.90 Å². The van der Waals surface area contributed by atoms with Gasteiger partial charge in [0, 0.05) is 6.54 Å². The summed E-state index contributed by atoms with van der Waals surface area (Å²) in [6, 6.07) is 0. The van der Waals surface area contributed by atoms with Gasteiger partial charge in [-0.15, -0.1) is 0 Å². The van der Waals surface area contributed by atoms with E-state index in [2.05, 4.69) is 0 Å². The molecule has 4 N–H and O–H groups in total. The molecule has 0 spiro atoms. The number of aliphatic hydroxyl groups excluding tert-OH is 3. The SMILES string of the molecule is CC(C)CC(CO)(CO)N(CO)CCS(=O)(=O)O. The van der Waals surface area contributed by atoms with Crippen molar-refractivity contribution in [2.75, 3.05) is 32.2 Å². The molecular formula is C10H23NO6S. The maximum absolute atomic E-state index is 10.7. The Morgan fingerprint density at radius 1 is 1.17 bits per heavy atom. The first-order chi connectivity index (χ1) is 8.20. The summed E-state index contributed by atoms with van der Waals surface area (Å²) in [6.07, 6.45) is 0.395. The molecule has 0 radical (unpaired) electrons. The summed E-state index contributed by atoms with van der Waals surface area (Å²) >= 11 is 0. The van der Waals surface area contributed by atoms with Crippen LogP contribution in [0, 0.1) is 5.92 Å². The molecule has 0 rings (SSSR count). The van der Waals surface area contributed by atoms with Crippen molar-refractivity contribution in [2.24, 2.45) is 5.92 Å². The highest BCUT2D eigenvalue weighted by molar-refractivity contribution is 7.85. The number of nitrogens with zero attached hydrogens (tertiary/aromatic N) is 1. The Bertz CT molecular complexity index is 325. The lowest BCUT2D eigenvalue weighted by Gasteiger charge is -2.41. The van der Waals surface area contributed by atoms with Crippen LogP contribution in [0.2, 0.25) is 0 Å². The van der Waals surface area contributed by atoms with Gasteiger partial charge in [-0.05, 0) is 12.3 Å². The molecule has 0 aromatic heterocycles. The smallest absolute Gasteiger partial charge is 0.266 e. The fourth-order valence-electron chi connectivity index (χ4n) is 1.95. The largest absolute Gasteiger partial charge is 0.394 e. The van der Waals surface area contributed by atoms with Crippen molar-refractivity contribution in [3.8, 4) is 0 Å². The van der Waals surface area contributed by atoms with Crippen LogP contribution >= 0.6 is 0 Å². The van der Waals surface area contributed by atoms with Gasteiger partial charge in [0.05, 0.1) is 31.2 Å². The second-order valence-corrected chi connectivity index (χ2v) is 6.40. The molecule has 0 saturated carbocycles. The minimum absolute atomic E-state index is 0.143. The van der Waals surface area contributed by atoms with E-state index in [1.54, 1.807) is 0 Å². The molecular weight excluding hydrogens is 262 g/mol. The minimum Gasteiger partial charge on any atom is -0.394 e. The summed E-state index contributed by atoms with van der Waals surface area (Å²) < 4.78 is 30.1. The van der Waals surface area contributed by atoms with E-state index in [1.807, 2.05) is 13.8 Å². The van der Waals surface area contributed by atoms with Crippen LogP contribution in [-0.2, 0) is 10.1 Å². The van der Waals surface area contributed by atoms with Gasteiger partial charge < -0.3 is 15.3 Å². The van der Waals surface area contributed by atoms with Crippen molar-refractivity contribution in [3.05, 3.63) is 0 Å². The Labute approximate surface area is 108 Å². The summed E-state index contributed by atoms with van der Waals surface area (Å²) in [5, 5.41) is 28.1. The lowest BCUT2D eigenvalue weighted by Crippen LogP contribution is -2.56. The number of rotatable bonds is 9. The lowest BCUT2D eigenvalue weighted by molar-refractivity contribution is -0.0632. The zero-order chi connectivity index (χ0) is 14.4. The predicted octanol–water partition coefficient (Wildman–Crippen LogP) is -1.10. The highest BCUT2D eigenvalue weighted by Gasteiger charge is 2.36. The molecule has 0 aliphatic heterocycles. The van der Waals surface area contributed by atoms with E-state index >= 15 is 0 Å². The fraction of sp³-hybridized carbons (Fsp3) is 1.00. The predicted molar refractivity (Wildman–Crippen MR) is 66.6 cm³/mol. The third-order valence-electron chi connectivity index (χ3n) is 2.84. The molecule has 0 atom stereocenters. The second-order valence-electron chi connectivity index (χ2n) is 4.83. The van der Waals surface area contributed by atoms with Gasteiger partial charge in [0.1, 0.15) is 0 Å². The van der Waals surface area contributed by atoms with Gasteiger partial charge in [0.25, 0.3) is 10.1 Å². The van der Waals surface area contributed by atoms with Crippen LogP contribution in [0.1, 0.15) is 20.3 Å². The highest BCUT2D eigenvalue weighted by Crippen LogP contribution is 2.23. The van der Waals surface area contributed by atoms with Gasteiger partial charge in [-0.3, -0.25) is 9.45 Å². The molecule has 0 amide bonds. The average molecular weight is 285 g/mol. The zero-order valence-electron chi connectivity index (χ0n) is 10.8. The fourth-order valence-corrected chi connectivity index (χ4v) is 2.40. The standard InChI is InChI=1S/C10H23NO6S/c1-9(2)5-10(6-12,7-13)11(8-14)3-4-18(15,16)17/h9,12-14H,3-8H2,1-2H3,(H,15,16,17). The van der Waals surface area contributed by atoms with Gasteiger partial charge in [-0.1, -0.05) is 13.8 Å². The van der Waals surface area contributed by atoms with Crippen molar-refractivity contribution >= 4 is 10.1 Å². The molecule has 18 heavy (non-hydrogen) atoms. The van der Waals surface area contributed by atoms with Gasteiger partial charge in [0.15, 0.2) is 0 Å². The van der Waals surface area contributed by atoms with E-state index < -0.39 is 41.4 Å². The normalized spacial score (nSPS) is 13.6. The third kappa shape index (κ3) is 5.59. The molecule has 0 aliphatic carbocycles. The molecule has 0 aliphatic rings. The molecule has 8 heteroatoms. The van der Waals surface area contributed by atoms with Crippen molar-refractivity contribution in [2.45, 2.75) is 25.8 Å². The van der Waals surface area contributed by atoms with E-state index in [0.717, 1.165) is 0 Å².